The van der Waals surface area contributed by atoms with Gasteiger partial charge in [-0.2, -0.15) is 5.10 Å². The lowest BCUT2D eigenvalue weighted by Gasteiger charge is -2.24. The molecule has 2 unspecified atom stereocenters. The van der Waals surface area contributed by atoms with Crippen molar-refractivity contribution in [1.29, 1.82) is 0 Å². The summed E-state index contributed by atoms with van der Waals surface area (Å²) < 4.78 is 4.31. The van der Waals surface area contributed by atoms with Crippen LogP contribution in [0.2, 0.25) is 0 Å². The zero-order valence-electron chi connectivity index (χ0n) is 16.6. The Kier molecular flexibility index (Phi) is 5.25. The number of likely N-dealkylation sites (tertiary alicyclic amines) is 1. The summed E-state index contributed by atoms with van der Waals surface area (Å²) in [7, 11) is 0. The first kappa shape index (κ1) is 19.1. The third kappa shape index (κ3) is 3.14. The molecule has 28 heavy (non-hydrogen) atoms. The number of hydrogen-bond acceptors (Lipinski definition) is 5. The maximum Gasteiger partial charge on any atom is 0.291 e. The zero-order chi connectivity index (χ0) is 19.8. The Balaban J connectivity index is 1.62. The van der Waals surface area contributed by atoms with Gasteiger partial charge in [0.2, 0.25) is 5.91 Å². The number of nitrogens with one attached hydrogen (secondary N) is 1. The van der Waals surface area contributed by atoms with E-state index < -0.39 is 6.04 Å². The van der Waals surface area contributed by atoms with Crippen molar-refractivity contribution in [3.8, 4) is 0 Å². The van der Waals surface area contributed by atoms with Gasteiger partial charge in [-0.1, -0.05) is 13.8 Å². The van der Waals surface area contributed by atoms with Crippen LogP contribution in [0, 0.1) is 6.92 Å². The summed E-state index contributed by atoms with van der Waals surface area (Å²) in [5.74, 6) is 0.583. The molecule has 1 amide bonds. The predicted octanol–water partition coefficient (Wildman–Crippen LogP) is 2.57. The normalized spacial score (nSPS) is 18.9. The van der Waals surface area contributed by atoms with Gasteiger partial charge in [0.1, 0.15) is 17.4 Å². The van der Waals surface area contributed by atoms with Crippen LogP contribution in [-0.2, 0) is 4.79 Å². The minimum absolute atomic E-state index is 0.128. The molecule has 0 aliphatic carbocycles. The van der Waals surface area contributed by atoms with Crippen LogP contribution in [0.1, 0.15) is 45.0 Å². The van der Waals surface area contributed by atoms with Crippen LogP contribution in [0.3, 0.4) is 0 Å². The second-order valence-electron chi connectivity index (χ2n) is 7.43. The van der Waals surface area contributed by atoms with Crippen LogP contribution in [-0.4, -0.2) is 50.7 Å². The molecule has 0 spiro atoms. The highest BCUT2D eigenvalue weighted by molar-refractivity contribution is 7.17. The van der Waals surface area contributed by atoms with Gasteiger partial charge in [0.05, 0.1) is 10.2 Å². The Morgan fingerprint density at radius 1 is 1.39 bits per heavy atom. The van der Waals surface area contributed by atoms with E-state index in [0.29, 0.717) is 30.3 Å². The van der Waals surface area contributed by atoms with Gasteiger partial charge in [0.25, 0.3) is 5.56 Å². The van der Waals surface area contributed by atoms with Crippen molar-refractivity contribution in [2.75, 3.05) is 19.6 Å². The number of hydrogen-bond donors (Lipinski definition) is 1. The number of thiophene rings is 1. The number of fused-ring (bicyclic) bond motifs is 3. The number of aryl methyl sites for hydroxylation is 1. The quantitative estimate of drug-likeness (QED) is 0.689. The monoisotopic (exact) mass is 401 g/mol. The number of carbonyl (C=O) groups is 1. The SMILES string of the molecule is CCC(C(=O)NCC1CCCN1CC)n1nc(C)n2c(cc3sccc32)c1=O. The highest BCUT2D eigenvalue weighted by Crippen LogP contribution is 2.25. The van der Waals surface area contributed by atoms with E-state index in [1.807, 2.05) is 35.8 Å². The van der Waals surface area contributed by atoms with Crippen LogP contribution in [0.25, 0.3) is 15.7 Å². The molecule has 4 rings (SSSR count). The van der Waals surface area contributed by atoms with Crippen molar-refractivity contribution in [3.63, 3.8) is 0 Å². The van der Waals surface area contributed by atoms with Gasteiger partial charge in [-0.25, -0.2) is 4.68 Å². The molecule has 0 aromatic carbocycles. The van der Waals surface area contributed by atoms with E-state index in [4.69, 9.17) is 0 Å². The molecule has 1 fully saturated rings. The molecule has 0 radical (unpaired) electrons. The smallest absolute Gasteiger partial charge is 0.291 e. The van der Waals surface area contributed by atoms with E-state index in [1.165, 1.54) is 11.1 Å². The van der Waals surface area contributed by atoms with Gasteiger partial charge in [0.15, 0.2) is 0 Å². The summed E-state index contributed by atoms with van der Waals surface area (Å²) in [4.78, 5) is 28.4. The van der Waals surface area contributed by atoms with Crippen LogP contribution >= 0.6 is 11.3 Å². The summed E-state index contributed by atoms with van der Waals surface area (Å²) in [6.07, 6.45) is 2.80. The van der Waals surface area contributed by atoms with Crippen molar-refractivity contribution in [2.24, 2.45) is 0 Å². The second-order valence-corrected chi connectivity index (χ2v) is 8.37. The van der Waals surface area contributed by atoms with Gasteiger partial charge >= 0.3 is 0 Å². The average Bonchev–Trinajstić information content (AvgIpc) is 3.39. The van der Waals surface area contributed by atoms with E-state index in [0.717, 1.165) is 29.7 Å². The summed E-state index contributed by atoms with van der Waals surface area (Å²) in [6, 6.07) is 3.69. The lowest BCUT2D eigenvalue weighted by molar-refractivity contribution is -0.125. The maximum absolute atomic E-state index is 13.1. The first-order valence-electron chi connectivity index (χ1n) is 10.0. The first-order chi connectivity index (χ1) is 13.5. The Hall–Kier alpha value is -2.19. The van der Waals surface area contributed by atoms with Gasteiger partial charge in [-0.3, -0.25) is 18.9 Å². The summed E-state index contributed by atoms with van der Waals surface area (Å²) in [6.45, 7) is 8.67. The zero-order valence-corrected chi connectivity index (χ0v) is 17.5. The Morgan fingerprint density at radius 3 is 2.96 bits per heavy atom. The fourth-order valence-electron chi connectivity index (χ4n) is 4.35. The van der Waals surface area contributed by atoms with Crippen LogP contribution in [0.5, 0.6) is 0 Å². The molecule has 1 saturated heterocycles. The van der Waals surface area contributed by atoms with Gasteiger partial charge in [0, 0.05) is 12.6 Å². The van der Waals surface area contributed by atoms with Gasteiger partial charge in [-0.05, 0) is 56.8 Å². The van der Waals surface area contributed by atoms with Crippen molar-refractivity contribution < 1.29 is 4.79 Å². The Labute approximate surface area is 167 Å². The van der Waals surface area contributed by atoms with E-state index in [9.17, 15) is 9.59 Å². The summed E-state index contributed by atoms with van der Waals surface area (Å²) in [5, 5.41) is 9.58. The molecule has 7 nitrogen and oxygen atoms in total. The number of likely N-dealkylation sites (N-methyl/N-ethyl adjacent to an activating group) is 1. The fourth-order valence-corrected chi connectivity index (χ4v) is 5.16. The van der Waals surface area contributed by atoms with Crippen LogP contribution in [0.15, 0.2) is 22.3 Å². The molecule has 2 atom stereocenters. The molecule has 4 heterocycles. The van der Waals surface area contributed by atoms with Crippen LogP contribution in [0.4, 0.5) is 0 Å². The summed E-state index contributed by atoms with van der Waals surface area (Å²) >= 11 is 1.60. The van der Waals surface area contributed by atoms with E-state index in [1.54, 1.807) is 11.3 Å². The third-order valence-electron chi connectivity index (χ3n) is 5.83. The molecule has 150 valence electrons. The third-order valence-corrected chi connectivity index (χ3v) is 6.68. The number of carbonyl (C=O) groups excluding carboxylic acids is 1. The fraction of sp³-hybridized carbons (Fsp3) is 0.550. The maximum atomic E-state index is 13.1. The van der Waals surface area contributed by atoms with Crippen molar-refractivity contribution in [2.45, 2.75) is 52.1 Å². The van der Waals surface area contributed by atoms with E-state index in [2.05, 4.69) is 22.2 Å². The summed E-state index contributed by atoms with van der Waals surface area (Å²) in [5.41, 5.74) is 1.35. The van der Waals surface area contributed by atoms with E-state index in [-0.39, 0.29) is 11.5 Å². The molecule has 3 aromatic rings. The molecular formula is C20H27N5O2S. The molecule has 0 bridgehead atoms. The van der Waals surface area contributed by atoms with Crippen molar-refractivity contribution >= 4 is 33.0 Å². The predicted molar refractivity (Wildman–Crippen MR) is 112 cm³/mol. The minimum Gasteiger partial charge on any atom is -0.353 e. The average molecular weight is 402 g/mol. The van der Waals surface area contributed by atoms with Gasteiger partial charge in [-0.15, -0.1) is 11.3 Å². The van der Waals surface area contributed by atoms with Crippen molar-refractivity contribution in [3.05, 3.63) is 33.7 Å². The lowest BCUT2D eigenvalue weighted by Crippen LogP contribution is -2.44. The highest BCUT2D eigenvalue weighted by Gasteiger charge is 2.27. The van der Waals surface area contributed by atoms with Crippen molar-refractivity contribution in [1.82, 2.24) is 24.4 Å². The number of aromatic nitrogens is 3. The molecule has 8 heteroatoms. The number of nitrogens with zero attached hydrogens (tertiary/aromatic N) is 4. The van der Waals surface area contributed by atoms with Gasteiger partial charge < -0.3 is 5.32 Å². The molecule has 3 aromatic heterocycles. The Bertz CT molecular complexity index is 1070. The van der Waals surface area contributed by atoms with E-state index >= 15 is 0 Å². The largest absolute Gasteiger partial charge is 0.353 e. The topological polar surface area (TPSA) is 71.6 Å². The minimum atomic E-state index is -0.597. The molecule has 1 N–H and O–H groups in total. The molecule has 1 aliphatic rings. The molecule has 1 aliphatic heterocycles. The number of amides is 1. The lowest BCUT2D eigenvalue weighted by atomic mass is 10.2. The second kappa shape index (κ2) is 7.67. The molecule has 0 saturated carbocycles. The first-order valence-corrected chi connectivity index (χ1v) is 10.9. The molecular weight excluding hydrogens is 374 g/mol. The van der Waals surface area contributed by atoms with Crippen LogP contribution < -0.4 is 10.9 Å². The number of rotatable bonds is 6. The Morgan fingerprint density at radius 2 is 2.21 bits per heavy atom. The highest BCUT2D eigenvalue weighted by atomic mass is 32.1. The standard InChI is InChI=1S/C20H27N5O2S/c1-4-15(19(26)21-12-14-7-6-9-23(14)5-2)25-20(27)17-11-18-16(8-10-28-18)24(17)13(3)22-25/h8,10-11,14-15H,4-7,9,12H2,1-3H3,(H,21,26).